The molecule has 1 fully saturated rings. The zero-order chi connectivity index (χ0) is 36.9. The van der Waals surface area contributed by atoms with E-state index in [1.165, 1.54) is 12.0 Å². The van der Waals surface area contributed by atoms with Crippen LogP contribution >= 0.6 is 15.9 Å². The Bertz CT molecular complexity index is 1900. The fourth-order valence-corrected chi connectivity index (χ4v) is 8.35. The molecule has 6 rings (SSSR count). The normalized spacial score (nSPS) is 19.9. The molecule has 268 valence electrons. The fourth-order valence-electron chi connectivity index (χ4n) is 7.77. The third-order valence-electron chi connectivity index (χ3n) is 9.96. The quantitative estimate of drug-likeness (QED) is 0.0907. The molecule has 11 heteroatoms. The van der Waals surface area contributed by atoms with E-state index in [1.807, 2.05) is 42.5 Å². The van der Waals surface area contributed by atoms with Crippen LogP contribution in [0.1, 0.15) is 42.0 Å². The Morgan fingerprint density at radius 2 is 1.29 bits per heavy atom. The van der Waals surface area contributed by atoms with Crippen molar-refractivity contribution in [1.29, 1.82) is 0 Å². The molecule has 0 N–H and O–H groups in total. The number of ether oxygens (including phenoxy) is 4. The molecule has 0 saturated heterocycles. The molecule has 0 aromatic heterocycles. The lowest BCUT2D eigenvalue weighted by atomic mass is 9.63. The van der Waals surface area contributed by atoms with Gasteiger partial charge in [-0.1, -0.05) is 103 Å². The minimum Gasteiger partial charge on any atom is -0.469 e. The minimum absolute atomic E-state index is 0.0986. The summed E-state index contributed by atoms with van der Waals surface area (Å²) < 4.78 is 23.1. The maximum atomic E-state index is 15.5. The maximum absolute atomic E-state index is 15.5. The van der Waals surface area contributed by atoms with Crippen LogP contribution in [0, 0.1) is 17.3 Å². The Kier molecular flexibility index (Phi) is 10.9. The molecule has 4 aromatic carbocycles. The molecule has 1 amide bonds. The van der Waals surface area contributed by atoms with Gasteiger partial charge in [0, 0.05) is 10.9 Å². The van der Waals surface area contributed by atoms with E-state index < -0.39 is 65.3 Å². The van der Waals surface area contributed by atoms with E-state index in [4.69, 9.17) is 18.9 Å². The van der Waals surface area contributed by atoms with E-state index in [1.54, 1.807) is 73.7 Å². The van der Waals surface area contributed by atoms with Crippen LogP contribution in [0.15, 0.2) is 114 Å². The van der Waals surface area contributed by atoms with Crippen LogP contribution in [-0.2, 0) is 68.1 Å². The predicted molar refractivity (Wildman–Crippen MR) is 193 cm³/mol. The fraction of sp³-hybridized carbons (Fsp3) is 0.293. The molecular weight excluding hydrogens is 730 g/mol. The third kappa shape index (κ3) is 6.49. The number of carbonyl (C=O) groups is 5. The van der Waals surface area contributed by atoms with Gasteiger partial charge < -0.3 is 23.8 Å². The molecule has 0 bridgehead atoms. The molecule has 2 aliphatic rings. The zero-order valence-electron chi connectivity index (χ0n) is 28.8. The van der Waals surface area contributed by atoms with Crippen molar-refractivity contribution in [2.24, 2.45) is 17.3 Å². The van der Waals surface area contributed by atoms with Crippen LogP contribution in [0.25, 0.3) is 0 Å². The minimum atomic E-state index is -2.41. The van der Waals surface area contributed by atoms with Crippen molar-refractivity contribution >= 4 is 51.4 Å². The number of esters is 4. The SMILES string of the molecule is CCOC(=O)[C@@H]1C(C(=O)OCc2ccccc2)(C(=O)OCc2ccccc2)C[C@H](CC(=O)OC)[C@@]12C(=O)N(Cc1ccccc1)c1c(Br)cccc12. The molecule has 0 radical (unpaired) electrons. The third-order valence-corrected chi connectivity index (χ3v) is 10.6. The van der Waals surface area contributed by atoms with E-state index in [2.05, 4.69) is 15.9 Å². The average molecular weight is 769 g/mol. The molecular formula is C41H38BrNO9. The van der Waals surface area contributed by atoms with Crippen molar-refractivity contribution in [3.63, 3.8) is 0 Å². The topological polar surface area (TPSA) is 126 Å². The number of halogens is 1. The summed E-state index contributed by atoms with van der Waals surface area (Å²) >= 11 is 3.63. The van der Waals surface area contributed by atoms with E-state index >= 15 is 4.79 Å². The summed E-state index contributed by atoms with van der Waals surface area (Å²) in [4.78, 5) is 74.6. The Morgan fingerprint density at radius 3 is 1.81 bits per heavy atom. The second kappa shape index (κ2) is 15.5. The molecule has 1 saturated carbocycles. The second-order valence-corrected chi connectivity index (χ2v) is 13.7. The number of hydrogen-bond donors (Lipinski definition) is 0. The predicted octanol–water partition coefficient (Wildman–Crippen LogP) is 6.47. The Hall–Kier alpha value is -5.29. The van der Waals surface area contributed by atoms with Gasteiger partial charge in [0.1, 0.15) is 19.1 Å². The van der Waals surface area contributed by atoms with Gasteiger partial charge in [0.15, 0.2) is 5.41 Å². The number of carbonyl (C=O) groups excluding carboxylic acids is 5. The van der Waals surface area contributed by atoms with Crippen molar-refractivity contribution in [3.05, 3.63) is 136 Å². The summed E-state index contributed by atoms with van der Waals surface area (Å²) in [5, 5.41) is 0. The average Bonchev–Trinajstić information content (AvgIpc) is 3.61. The van der Waals surface area contributed by atoms with Gasteiger partial charge in [-0.2, -0.15) is 0 Å². The molecule has 10 nitrogen and oxygen atoms in total. The highest BCUT2D eigenvalue weighted by atomic mass is 79.9. The van der Waals surface area contributed by atoms with Gasteiger partial charge in [-0.05, 0) is 63.5 Å². The number of fused-ring (bicyclic) bond motifs is 2. The van der Waals surface area contributed by atoms with E-state index in [-0.39, 0.29) is 26.4 Å². The van der Waals surface area contributed by atoms with Gasteiger partial charge in [-0.15, -0.1) is 0 Å². The number of anilines is 1. The van der Waals surface area contributed by atoms with Crippen LogP contribution in [0.2, 0.25) is 0 Å². The van der Waals surface area contributed by atoms with Crippen LogP contribution < -0.4 is 4.90 Å². The Morgan fingerprint density at radius 1 is 0.750 bits per heavy atom. The number of rotatable bonds is 12. The highest BCUT2D eigenvalue weighted by Crippen LogP contribution is 2.66. The van der Waals surface area contributed by atoms with Crippen LogP contribution in [0.5, 0.6) is 0 Å². The Labute approximate surface area is 310 Å². The summed E-state index contributed by atoms with van der Waals surface area (Å²) in [6.45, 7) is 1.12. The number of benzene rings is 4. The highest BCUT2D eigenvalue weighted by Gasteiger charge is 2.78. The van der Waals surface area contributed by atoms with E-state index in [0.29, 0.717) is 26.9 Å². The molecule has 52 heavy (non-hydrogen) atoms. The first-order valence-corrected chi connectivity index (χ1v) is 17.8. The van der Waals surface area contributed by atoms with Crippen LogP contribution in [0.3, 0.4) is 0 Å². The molecule has 1 heterocycles. The summed E-state index contributed by atoms with van der Waals surface area (Å²) in [7, 11) is 1.21. The Balaban J connectivity index is 1.58. The largest absolute Gasteiger partial charge is 0.469 e. The van der Waals surface area contributed by atoms with Gasteiger partial charge in [-0.3, -0.25) is 24.0 Å². The first-order chi connectivity index (χ1) is 25.2. The standard InChI is InChI=1S/C41H38BrNO9/c1-3-50-36(45)35-40(38(47)51-25-28-16-9-5-10-17-28,39(48)52-26-29-18-11-6-12-19-29)23-30(22-33(44)49-2)41(35)31-20-13-21-32(42)34(31)43(37(41)46)24-27-14-7-4-8-15-27/h4-21,30,35H,3,22-26H2,1-2H3/t30-,35+,41-/m0/s1. The van der Waals surface area contributed by atoms with E-state index in [9.17, 15) is 19.2 Å². The lowest BCUT2D eigenvalue weighted by Crippen LogP contribution is -2.56. The number of nitrogens with zero attached hydrogens (tertiary/aromatic N) is 1. The van der Waals surface area contributed by atoms with Gasteiger partial charge in [0.05, 0.1) is 31.4 Å². The lowest BCUT2D eigenvalue weighted by Gasteiger charge is -2.37. The monoisotopic (exact) mass is 767 g/mol. The number of hydrogen-bond acceptors (Lipinski definition) is 9. The second-order valence-electron chi connectivity index (χ2n) is 12.8. The van der Waals surface area contributed by atoms with Gasteiger partial charge >= 0.3 is 23.9 Å². The molecule has 1 spiro atoms. The smallest absolute Gasteiger partial charge is 0.324 e. The first-order valence-electron chi connectivity index (χ1n) is 17.0. The van der Waals surface area contributed by atoms with Crippen molar-refractivity contribution in [1.82, 2.24) is 0 Å². The summed E-state index contributed by atoms with van der Waals surface area (Å²) in [6, 6.07) is 32.2. The van der Waals surface area contributed by atoms with Crippen molar-refractivity contribution in [2.75, 3.05) is 18.6 Å². The van der Waals surface area contributed by atoms with Gasteiger partial charge in [0.25, 0.3) is 0 Å². The molecule has 0 unspecified atom stereocenters. The van der Waals surface area contributed by atoms with Crippen molar-refractivity contribution < 1.29 is 42.9 Å². The summed E-state index contributed by atoms with van der Waals surface area (Å²) in [5.74, 6) is -7.26. The van der Waals surface area contributed by atoms with E-state index in [0.717, 1.165) is 5.56 Å². The lowest BCUT2D eigenvalue weighted by molar-refractivity contribution is -0.185. The van der Waals surface area contributed by atoms with Crippen molar-refractivity contribution in [2.45, 2.75) is 44.9 Å². The number of amides is 1. The molecule has 1 aliphatic carbocycles. The van der Waals surface area contributed by atoms with Gasteiger partial charge in [-0.25, -0.2) is 0 Å². The van der Waals surface area contributed by atoms with Gasteiger partial charge in [0.2, 0.25) is 5.91 Å². The molecule has 4 aromatic rings. The summed E-state index contributed by atoms with van der Waals surface area (Å²) in [5.41, 5.74) is -1.49. The molecule has 3 atom stereocenters. The highest BCUT2D eigenvalue weighted by molar-refractivity contribution is 9.10. The van der Waals surface area contributed by atoms with Crippen LogP contribution in [-0.4, -0.2) is 43.5 Å². The maximum Gasteiger partial charge on any atom is 0.324 e. The zero-order valence-corrected chi connectivity index (χ0v) is 30.4. The molecule has 1 aliphatic heterocycles. The van der Waals surface area contributed by atoms with Crippen molar-refractivity contribution in [3.8, 4) is 0 Å². The number of para-hydroxylation sites is 1. The number of methoxy groups -OCH3 is 1. The van der Waals surface area contributed by atoms with Crippen LogP contribution in [0.4, 0.5) is 5.69 Å². The summed E-state index contributed by atoms with van der Waals surface area (Å²) in [6.07, 6.45) is -0.841. The first kappa shape index (κ1) is 36.5.